The van der Waals surface area contributed by atoms with Crippen molar-refractivity contribution in [1.82, 2.24) is 0 Å². The maximum Gasteiger partial charge on any atom is 1.00 e. The van der Waals surface area contributed by atoms with Gasteiger partial charge in [-0.25, -0.2) is 0 Å². The summed E-state index contributed by atoms with van der Waals surface area (Å²) in [6.07, 6.45) is 30.8. The molecule has 0 radical (unpaired) electrons. The van der Waals surface area contributed by atoms with E-state index >= 15 is 0 Å². The number of hydrogen-bond donors (Lipinski definition) is 1. The van der Waals surface area contributed by atoms with Gasteiger partial charge >= 0.3 is 41.5 Å². The SMILES string of the molecule is CCCCCCCCCCCCCCCC(=O)OC[C@H](COP(=O)([O-])O)OC(=O)CCCCCCCCCCCCCCC.[Na+]. The van der Waals surface area contributed by atoms with E-state index in [1.165, 1.54) is 122 Å². The molecule has 10 heteroatoms. The van der Waals surface area contributed by atoms with Gasteiger partial charge in [0.2, 0.25) is 0 Å². The minimum Gasteiger partial charge on any atom is -0.756 e. The molecule has 0 aromatic carbocycles. The average molecular weight is 671 g/mol. The van der Waals surface area contributed by atoms with Crippen molar-refractivity contribution in [2.75, 3.05) is 13.2 Å². The molecule has 8 nitrogen and oxygen atoms in total. The molecule has 0 aliphatic heterocycles. The van der Waals surface area contributed by atoms with E-state index in [-0.39, 0.29) is 49.0 Å². The van der Waals surface area contributed by atoms with Crippen LogP contribution in [0.25, 0.3) is 0 Å². The maximum atomic E-state index is 12.3. The summed E-state index contributed by atoms with van der Waals surface area (Å²) >= 11 is 0. The minimum atomic E-state index is -4.99. The molecule has 0 rings (SSSR count). The van der Waals surface area contributed by atoms with E-state index in [0.29, 0.717) is 6.42 Å². The number of ether oxygens (including phenoxy) is 2. The summed E-state index contributed by atoms with van der Waals surface area (Å²) in [4.78, 5) is 44.4. The number of unbranched alkanes of at least 4 members (excludes halogenated alkanes) is 24. The Morgan fingerprint density at radius 2 is 0.867 bits per heavy atom. The fourth-order valence-electron chi connectivity index (χ4n) is 5.37. The van der Waals surface area contributed by atoms with Crippen LogP contribution in [0.15, 0.2) is 0 Å². The first-order chi connectivity index (χ1) is 21.3. The van der Waals surface area contributed by atoms with Crippen molar-refractivity contribution in [2.24, 2.45) is 0 Å². The molecule has 0 saturated heterocycles. The predicted molar refractivity (Wildman–Crippen MR) is 177 cm³/mol. The van der Waals surface area contributed by atoms with Crippen LogP contribution in [0.5, 0.6) is 0 Å². The Labute approximate surface area is 298 Å². The zero-order valence-corrected chi connectivity index (χ0v) is 32.4. The molecule has 1 unspecified atom stereocenters. The monoisotopic (exact) mass is 670 g/mol. The fraction of sp³-hybridized carbons (Fsp3) is 0.943. The van der Waals surface area contributed by atoms with Crippen LogP contribution in [0.3, 0.4) is 0 Å². The minimum absolute atomic E-state index is 0. The van der Waals surface area contributed by atoms with Crippen LogP contribution >= 0.6 is 7.82 Å². The molecule has 0 heterocycles. The molecule has 0 fully saturated rings. The predicted octanol–water partition coefficient (Wildman–Crippen LogP) is 6.89. The summed E-state index contributed by atoms with van der Waals surface area (Å²) in [6.45, 7) is 3.59. The number of carbonyl (C=O) groups excluding carboxylic acids is 2. The van der Waals surface area contributed by atoms with E-state index in [1.807, 2.05) is 0 Å². The van der Waals surface area contributed by atoms with Crippen molar-refractivity contribution in [2.45, 2.75) is 200 Å². The second kappa shape index (κ2) is 35.4. The molecule has 0 aliphatic carbocycles. The summed E-state index contributed by atoms with van der Waals surface area (Å²) in [5, 5.41) is 0. The largest absolute Gasteiger partial charge is 1.00 e. The zero-order chi connectivity index (χ0) is 32.6. The summed E-state index contributed by atoms with van der Waals surface area (Å²) in [6, 6.07) is 0. The Morgan fingerprint density at radius 3 is 1.20 bits per heavy atom. The first-order valence-electron chi connectivity index (χ1n) is 18.3. The van der Waals surface area contributed by atoms with Crippen LogP contribution in [-0.2, 0) is 28.2 Å². The van der Waals surface area contributed by atoms with E-state index in [0.717, 1.165) is 38.5 Å². The molecule has 45 heavy (non-hydrogen) atoms. The number of rotatable bonds is 34. The topological polar surface area (TPSA) is 122 Å². The number of hydrogen-bond acceptors (Lipinski definition) is 7. The molecular weight excluding hydrogens is 602 g/mol. The summed E-state index contributed by atoms with van der Waals surface area (Å²) in [5.41, 5.74) is 0. The van der Waals surface area contributed by atoms with Crippen LogP contribution in [0.2, 0.25) is 0 Å². The summed E-state index contributed by atoms with van der Waals surface area (Å²) in [5.74, 6) is -0.909. The Kier molecular flexibility index (Phi) is 37.1. The molecule has 2 atom stereocenters. The van der Waals surface area contributed by atoms with Crippen molar-refractivity contribution in [3.63, 3.8) is 0 Å². The molecule has 0 aromatic heterocycles. The van der Waals surface area contributed by atoms with Crippen molar-refractivity contribution < 1.29 is 67.5 Å². The van der Waals surface area contributed by atoms with Crippen LogP contribution in [0, 0.1) is 0 Å². The van der Waals surface area contributed by atoms with Crippen LogP contribution in [0.1, 0.15) is 194 Å². The first kappa shape index (κ1) is 47.2. The van der Waals surface area contributed by atoms with Gasteiger partial charge in [-0.1, -0.05) is 168 Å². The number of phosphoric acid groups is 1. The van der Waals surface area contributed by atoms with Gasteiger partial charge in [-0.15, -0.1) is 0 Å². The second-order valence-electron chi connectivity index (χ2n) is 12.5. The van der Waals surface area contributed by atoms with E-state index < -0.39 is 32.5 Å². The van der Waals surface area contributed by atoms with Crippen LogP contribution < -0.4 is 34.5 Å². The molecule has 0 aliphatic rings. The van der Waals surface area contributed by atoms with Gasteiger partial charge in [0.15, 0.2) is 6.10 Å². The van der Waals surface area contributed by atoms with Crippen LogP contribution in [-0.4, -0.2) is 36.1 Å². The molecule has 0 aromatic rings. The Morgan fingerprint density at radius 1 is 0.556 bits per heavy atom. The average Bonchev–Trinajstić information content (AvgIpc) is 2.98. The van der Waals surface area contributed by atoms with Gasteiger partial charge in [0.05, 0.1) is 6.61 Å². The zero-order valence-electron chi connectivity index (χ0n) is 29.5. The van der Waals surface area contributed by atoms with Gasteiger partial charge in [0.25, 0.3) is 7.82 Å². The van der Waals surface area contributed by atoms with E-state index in [1.54, 1.807) is 0 Å². The molecule has 262 valence electrons. The van der Waals surface area contributed by atoms with Crippen molar-refractivity contribution >= 4 is 19.8 Å². The second-order valence-corrected chi connectivity index (χ2v) is 13.7. The summed E-state index contributed by atoms with van der Waals surface area (Å²) in [7, 11) is -4.99. The van der Waals surface area contributed by atoms with Gasteiger partial charge in [-0.2, -0.15) is 0 Å². The van der Waals surface area contributed by atoms with E-state index in [2.05, 4.69) is 18.4 Å². The third kappa shape index (κ3) is 38.4. The van der Waals surface area contributed by atoms with Gasteiger partial charge in [-0.3, -0.25) is 14.2 Å². The van der Waals surface area contributed by atoms with Crippen LogP contribution in [0.4, 0.5) is 0 Å². The Hall–Kier alpha value is 0.0500. The number of carbonyl (C=O) groups is 2. The normalized spacial score (nSPS) is 13.2. The Bertz CT molecular complexity index is 703. The van der Waals surface area contributed by atoms with Crippen molar-refractivity contribution in [3.8, 4) is 0 Å². The molecule has 0 amide bonds. The number of phosphoric ester groups is 1. The summed E-state index contributed by atoms with van der Waals surface area (Å²) < 4.78 is 26.0. The van der Waals surface area contributed by atoms with Gasteiger partial charge in [0.1, 0.15) is 6.61 Å². The number of esters is 2. The van der Waals surface area contributed by atoms with Gasteiger partial charge < -0.3 is 23.8 Å². The smallest absolute Gasteiger partial charge is 0.756 e. The van der Waals surface area contributed by atoms with Gasteiger partial charge in [-0.05, 0) is 12.8 Å². The van der Waals surface area contributed by atoms with Crippen molar-refractivity contribution in [3.05, 3.63) is 0 Å². The Balaban J connectivity index is 0. The third-order valence-corrected chi connectivity index (χ3v) is 8.60. The fourth-order valence-corrected chi connectivity index (χ4v) is 5.73. The molecule has 0 saturated carbocycles. The molecule has 0 bridgehead atoms. The maximum absolute atomic E-state index is 12.3. The van der Waals surface area contributed by atoms with Gasteiger partial charge in [0, 0.05) is 12.8 Å². The van der Waals surface area contributed by atoms with Crippen molar-refractivity contribution in [1.29, 1.82) is 0 Å². The first-order valence-corrected chi connectivity index (χ1v) is 19.8. The molecular formula is C35H68NaO8P. The van der Waals surface area contributed by atoms with E-state index in [4.69, 9.17) is 14.4 Å². The standard InChI is InChI=1S/C35H69O8P.Na/c1-3-5-7-9-11-13-15-17-19-21-23-25-27-29-34(36)41-31-33(32-42-44(38,39)40)43-35(37)30-28-26-24-22-20-18-16-14-12-10-8-6-4-2;/h33H,3-32H2,1-2H3,(H2,38,39,40);/q;+1/p-1/t33-;/m1./s1. The quantitative estimate of drug-likeness (QED) is 0.0340. The molecule has 0 spiro atoms. The molecule has 1 N–H and O–H groups in total. The third-order valence-electron chi connectivity index (χ3n) is 8.12. The van der Waals surface area contributed by atoms with E-state index in [9.17, 15) is 19.0 Å².